The van der Waals surface area contributed by atoms with Gasteiger partial charge in [0, 0.05) is 12.1 Å². The van der Waals surface area contributed by atoms with Gasteiger partial charge in [-0.3, -0.25) is 0 Å². The summed E-state index contributed by atoms with van der Waals surface area (Å²) in [5.74, 6) is 0.853. The lowest BCUT2D eigenvalue weighted by Gasteiger charge is -2.12. The van der Waals surface area contributed by atoms with E-state index in [2.05, 4.69) is 44.2 Å². The van der Waals surface area contributed by atoms with E-state index in [-0.39, 0.29) is 0 Å². The number of hydrogen-bond donors (Lipinski definition) is 1. The molecule has 2 aromatic carbocycles. The summed E-state index contributed by atoms with van der Waals surface area (Å²) in [6, 6.07) is 12.5. The second-order valence-corrected chi connectivity index (χ2v) is 4.48. The fourth-order valence-corrected chi connectivity index (χ4v) is 2.17. The van der Waals surface area contributed by atoms with E-state index in [1.165, 1.54) is 22.3 Å². The lowest BCUT2D eigenvalue weighted by molar-refractivity contribution is 0.410. The molecule has 2 N–H and O–H groups in total. The van der Waals surface area contributed by atoms with Crippen LogP contribution in [0.1, 0.15) is 16.7 Å². The summed E-state index contributed by atoms with van der Waals surface area (Å²) >= 11 is 0. The summed E-state index contributed by atoms with van der Waals surface area (Å²) in [6.45, 7) is 4.77. The lowest BCUT2D eigenvalue weighted by atomic mass is 9.95. The van der Waals surface area contributed by atoms with Crippen molar-refractivity contribution in [3.8, 4) is 16.9 Å². The molecule has 94 valence electrons. The highest BCUT2D eigenvalue weighted by atomic mass is 16.5. The maximum Gasteiger partial charge on any atom is 0.123 e. The predicted molar refractivity (Wildman–Crippen MR) is 75.8 cm³/mol. The average molecular weight is 241 g/mol. The Morgan fingerprint density at radius 3 is 2.56 bits per heavy atom. The first-order valence-electron chi connectivity index (χ1n) is 6.11. The third kappa shape index (κ3) is 2.24. The Morgan fingerprint density at radius 2 is 1.89 bits per heavy atom. The van der Waals surface area contributed by atoms with Gasteiger partial charge in [-0.25, -0.2) is 0 Å². The molecule has 0 heterocycles. The van der Waals surface area contributed by atoms with Crippen LogP contribution in [0.5, 0.6) is 5.75 Å². The molecule has 0 spiro atoms. The molecular formula is C16H19NO. The third-order valence-corrected chi connectivity index (χ3v) is 3.42. The Balaban J connectivity index is 2.54. The maximum absolute atomic E-state index is 5.76. The van der Waals surface area contributed by atoms with Crippen LogP contribution in [0.4, 0.5) is 0 Å². The van der Waals surface area contributed by atoms with Crippen molar-refractivity contribution < 1.29 is 4.74 Å². The van der Waals surface area contributed by atoms with Gasteiger partial charge < -0.3 is 10.5 Å². The normalized spacial score (nSPS) is 10.4. The van der Waals surface area contributed by atoms with Crippen molar-refractivity contribution in [1.29, 1.82) is 0 Å². The number of methoxy groups -OCH3 is 1. The third-order valence-electron chi connectivity index (χ3n) is 3.42. The highest BCUT2D eigenvalue weighted by Gasteiger charge is 2.07. The summed E-state index contributed by atoms with van der Waals surface area (Å²) in [5.41, 5.74) is 11.9. The molecule has 0 bridgehead atoms. The van der Waals surface area contributed by atoms with Crippen molar-refractivity contribution in [2.45, 2.75) is 20.4 Å². The fourth-order valence-electron chi connectivity index (χ4n) is 2.17. The van der Waals surface area contributed by atoms with Crippen molar-refractivity contribution in [3.05, 3.63) is 53.1 Å². The minimum absolute atomic E-state index is 0.488. The number of aryl methyl sites for hydroxylation is 1. The first kappa shape index (κ1) is 12.7. The minimum Gasteiger partial charge on any atom is -0.496 e. The number of hydrogen-bond acceptors (Lipinski definition) is 2. The number of benzene rings is 2. The lowest BCUT2D eigenvalue weighted by Crippen LogP contribution is -2.00. The van der Waals surface area contributed by atoms with Crippen LogP contribution in [0, 0.1) is 13.8 Å². The Bertz CT molecular complexity index is 561. The monoisotopic (exact) mass is 241 g/mol. The molecule has 0 unspecified atom stereocenters. The van der Waals surface area contributed by atoms with E-state index in [0.29, 0.717) is 6.54 Å². The highest BCUT2D eigenvalue weighted by Crippen LogP contribution is 2.29. The van der Waals surface area contributed by atoms with Gasteiger partial charge in [0.05, 0.1) is 7.11 Å². The van der Waals surface area contributed by atoms with Crippen LogP contribution in [0.2, 0.25) is 0 Å². The molecule has 18 heavy (non-hydrogen) atoms. The molecule has 0 saturated heterocycles. The molecule has 2 rings (SSSR count). The predicted octanol–water partition coefficient (Wildman–Crippen LogP) is 3.44. The van der Waals surface area contributed by atoms with E-state index in [0.717, 1.165) is 11.3 Å². The standard InChI is InChI=1S/C16H19NO/c1-11-5-4-6-15(12(11)2)13-7-8-16(18-3)14(9-13)10-17/h4-9H,10,17H2,1-3H3. The fraction of sp³-hybridized carbons (Fsp3) is 0.250. The zero-order valence-corrected chi connectivity index (χ0v) is 11.2. The van der Waals surface area contributed by atoms with Gasteiger partial charge in [-0.15, -0.1) is 0 Å². The zero-order valence-electron chi connectivity index (χ0n) is 11.2. The molecule has 0 aliphatic carbocycles. The van der Waals surface area contributed by atoms with Crippen LogP contribution in [0.15, 0.2) is 36.4 Å². The molecule has 0 atom stereocenters. The van der Waals surface area contributed by atoms with Crippen molar-refractivity contribution in [2.75, 3.05) is 7.11 Å². The summed E-state index contributed by atoms with van der Waals surface area (Å²) in [5, 5.41) is 0. The summed E-state index contributed by atoms with van der Waals surface area (Å²) in [6.07, 6.45) is 0. The smallest absolute Gasteiger partial charge is 0.123 e. The van der Waals surface area contributed by atoms with Gasteiger partial charge in [-0.1, -0.05) is 24.3 Å². The van der Waals surface area contributed by atoms with E-state index < -0.39 is 0 Å². The molecule has 0 aromatic heterocycles. The van der Waals surface area contributed by atoms with Crippen LogP contribution in [-0.2, 0) is 6.54 Å². The van der Waals surface area contributed by atoms with Gasteiger partial charge in [0.15, 0.2) is 0 Å². The molecule has 2 aromatic rings. The van der Waals surface area contributed by atoms with Crippen LogP contribution in [-0.4, -0.2) is 7.11 Å². The van der Waals surface area contributed by atoms with Gasteiger partial charge in [0.1, 0.15) is 5.75 Å². The number of rotatable bonds is 3. The van der Waals surface area contributed by atoms with Crippen molar-refractivity contribution >= 4 is 0 Å². The topological polar surface area (TPSA) is 35.2 Å². The molecular weight excluding hydrogens is 222 g/mol. The highest BCUT2D eigenvalue weighted by molar-refractivity contribution is 5.70. The molecule has 0 saturated carbocycles. The maximum atomic E-state index is 5.76. The van der Waals surface area contributed by atoms with Gasteiger partial charge >= 0.3 is 0 Å². The molecule has 0 radical (unpaired) electrons. The largest absolute Gasteiger partial charge is 0.496 e. The molecule has 0 aliphatic heterocycles. The number of ether oxygens (including phenoxy) is 1. The molecule has 0 fully saturated rings. The Kier molecular flexibility index (Phi) is 3.68. The van der Waals surface area contributed by atoms with Gasteiger partial charge in [-0.2, -0.15) is 0 Å². The van der Waals surface area contributed by atoms with Crippen molar-refractivity contribution in [1.82, 2.24) is 0 Å². The van der Waals surface area contributed by atoms with Crippen molar-refractivity contribution in [3.63, 3.8) is 0 Å². The van der Waals surface area contributed by atoms with Crippen LogP contribution >= 0.6 is 0 Å². The van der Waals surface area contributed by atoms with Crippen LogP contribution < -0.4 is 10.5 Å². The van der Waals surface area contributed by atoms with E-state index in [1.54, 1.807) is 7.11 Å². The van der Waals surface area contributed by atoms with Crippen LogP contribution in [0.25, 0.3) is 11.1 Å². The number of nitrogens with two attached hydrogens (primary N) is 1. The minimum atomic E-state index is 0.488. The van der Waals surface area contributed by atoms with Gasteiger partial charge in [0.2, 0.25) is 0 Å². The summed E-state index contributed by atoms with van der Waals surface area (Å²) in [4.78, 5) is 0. The van der Waals surface area contributed by atoms with E-state index >= 15 is 0 Å². The molecule has 0 aliphatic rings. The molecule has 0 amide bonds. The second kappa shape index (κ2) is 5.23. The van der Waals surface area contributed by atoms with Crippen molar-refractivity contribution in [2.24, 2.45) is 5.73 Å². The Hall–Kier alpha value is -1.80. The summed E-state index contributed by atoms with van der Waals surface area (Å²) in [7, 11) is 1.67. The van der Waals surface area contributed by atoms with E-state index in [1.807, 2.05) is 6.07 Å². The quantitative estimate of drug-likeness (QED) is 0.893. The van der Waals surface area contributed by atoms with Crippen LogP contribution in [0.3, 0.4) is 0 Å². The van der Waals surface area contributed by atoms with Gasteiger partial charge in [-0.05, 0) is 48.2 Å². The molecule has 2 nitrogen and oxygen atoms in total. The SMILES string of the molecule is COc1ccc(-c2cccc(C)c2C)cc1CN. The first-order chi connectivity index (χ1) is 8.67. The molecule has 2 heteroatoms. The zero-order chi connectivity index (χ0) is 13.1. The van der Waals surface area contributed by atoms with E-state index in [4.69, 9.17) is 10.5 Å². The van der Waals surface area contributed by atoms with E-state index in [9.17, 15) is 0 Å². The Morgan fingerprint density at radius 1 is 1.11 bits per heavy atom. The summed E-state index contributed by atoms with van der Waals surface area (Å²) < 4.78 is 5.30. The first-order valence-corrected chi connectivity index (χ1v) is 6.11. The second-order valence-electron chi connectivity index (χ2n) is 4.48. The average Bonchev–Trinajstić information content (AvgIpc) is 2.41. The Labute approximate surface area is 108 Å². The van der Waals surface area contributed by atoms with Gasteiger partial charge in [0.25, 0.3) is 0 Å².